The van der Waals surface area contributed by atoms with Gasteiger partial charge in [-0.1, -0.05) is 129 Å². The summed E-state index contributed by atoms with van der Waals surface area (Å²) in [5.41, 5.74) is 1.16. The van der Waals surface area contributed by atoms with E-state index in [1.807, 2.05) is 5.06 Å². The van der Waals surface area contributed by atoms with Crippen LogP contribution in [0, 0.1) is 16.7 Å². The standard InChI is InChI=1S/C35H61NO2/c1-6-7-8-9-10-11-12-13-14-19-25-34(3,4)29-31(2)30-35(5,26-24-32-22-17-15-18-23-32)33(37)38-36-27-20-16-21-28-36/h15,17-18,22-23,31H,6-14,16,19-21,24-30H2,1-5H3. The Bertz CT molecular complexity index is 740. The lowest BCUT2D eigenvalue weighted by Crippen LogP contribution is -2.40. The molecule has 0 bridgehead atoms. The molecule has 2 unspecified atom stereocenters. The lowest BCUT2D eigenvalue weighted by Gasteiger charge is -2.36. The number of unbranched alkanes of at least 4 members (excludes halogenated alkanes) is 9. The second-order valence-electron chi connectivity index (χ2n) is 13.5. The highest BCUT2D eigenvalue weighted by molar-refractivity contribution is 5.76. The van der Waals surface area contributed by atoms with E-state index in [-0.39, 0.29) is 5.97 Å². The van der Waals surface area contributed by atoms with Gasteiger partial charge in [-0.15, -0.1) is 5.06 Å². The molecule has 0 N–H and O–H groups in total. The summed E-state index contributed by atoms with van der Waals surface area (Å²) in [6, 6.07) is 10.6. The van der Waals surface area contributed by atoms with E-state index >= 15 is 0 Å². The Morgan fingerprint density at radius 2 is 1.39 bits per heavy atom. The van der Waals surface area contributed by atoms with E-state index in [0.29, 0.717) is 11.3 Å². The van der Waals surface area contributed by atoms with E-state index in [1.165, 1.54) is 89.0 Å². The SMILES string of the molecule is CCCCCCCCCCCCC(C)(C)CC(C)CC(C)(CCc1ccccc1)C(=O)ON1CCCCC1. The molecule has 3 heteroatoms. The van der Waals surface area contributed by atoms with Crippen LogP contribution in [0.5, 0.6) is 0 Å². The van der Waals surface area contributed by atoms with Gasteiger partial charge in [-0.25, -0.2) is 4.79 Å². The molecule has 1 aromatic rings. The summed E-state index contributed by atoms with van der Waals surface area (Å²) in [4.78, 5) is 19.6. The highest BCUT2D eigenvalue weighted by Crippen LogP contribution is 2.39. The summed E-state index contributed by atoms with van der Waals surface area (Å²) in [5.74, 6) is 0.470. The number of aryl methyl sites for hydroxylation is 1. The number of hydrogen-bond acceptors (Lipinski definition) is 3. The molecule has 1 aromatic carbocycles. The Kier molecular flexibility index (Phi) is 15.6. The Balaban J connectivity index is 1.81. The largest absolute Gasteiger partial charge is 0.367 e. The van der Waals surface area contributed by atoms with Crippen molar-refractivity contribution < 1.29 is 9.63 Å². The lowest BCUT2D eigenvalue weighted by molar-refractivity contribution is -0.207. The molecule has 0 aliphatic carbocycles. The maximum atomic E-state index is 13.6. The zero-order chi connectivity index (χ0) is 27.7. The minimum absolute atomic E-state index is 0.0188. The highest BCUT2D eigenvalue weighted by atomic mass is 16.7. The third-order valence-electron chi connectivity index (χ3n) is 8.74. The van der Waals surface area contributed by atoms with E-state index in [9.17, 15) is 4.79 Å². The first-order chi connectivity index (χ1) is 18.2. The zero-order valence-electron chi connectivity index (χ0n) is 25.9. The van der Waals surface area contributed by atoms with Gasteiger partial charge in [0.2, 0.25) is 0 Å². The van der Waals surface area contributed by atoms with Crippen LogP contribution in [0.15, 0.2) is 30.3 Å². The van der Waals surface area contributed by atoms with Crippen LogP contribution in [0.25, 0.3) is 0 Å². The Morgan fingerprint density at radius 3 is 2.00 bits per heavy atom. The molecule has 1 aliphatic heterocycles. The van der Waals surface area contributed by atoms with E-state index in [4.69, 9.17) is 4.84 Å². The van der Waals surface area contributed by atoms with Crippen LogP contribution in [0.3, 0.4) is 0 Å². The summed E-state index contributed by atoms with van der Waals surface area (Å²) in [6.07, 6.45) is 22.5. The van der Waals surface area contributed by atoms with Crippen LogP contribution >= 0.6 is 0 Å². The van der Waals surface area contributed by atoms with Crippen LogP contribution in [0.4, 0.5) is 0 Å². The van der Waals surface area contributed by atoms with Crippen molar-refractivity contribution in [2.24, 2.45) is 16.7 Å². The van der Waals surface area contributed by atoms with Crippen LogP contribution in [-0.2, 0) is 16.1 Å². The zero-order valence-corrected chi connectivity index (χ0v) is 25.9. The van der Waals surface area contributed by atoms with Crippen molar-refractivity contribution >= 4 is 5.97 Å². The fraction of sp³-hybridized carbons (Fsp3) is 0.800. The van der Waals surface area contributed by atoms with Crippen molar-refractivity contribution in [1.29, 1.82) is 0 Å². The fourth-order valence-electron chi connectivity index (χ4n) is 6.51. The van der Waals surface area contributed by atoms with Crippen LogP contribution in [0.2, 0.25) is 0 Å². The minimum Gasteiger partial charge on any atom is -0.367 e. The molecule has 1 saturated heterocycles. The number of hydrogen-bond donors (Lipinski definition) is 0. The van der Waals surface area contributed by atoms with Gasteiger partial charge in [0.15, 0.2) is 0 Å². The molecule has 1 heterocycles. The third kappa shape index (κ3) is 13.6. The molecule has 38 heavy (non-hydrogen) atoms. The van der Waals surface area contributed by atoms with Crippen LogP contribution in [-0.4, -0.2) is 24.1 Å². The molecule has 218 valence electrons. The van der Waals surface area contributed by atoms with Gasteiger partial charge in [-0.3, -0.25) is 0 Å². The number of carbonyl (C=O) groups is 1. The average molecular weight is 528 g/mol. The van der Waals surface area contributed by atoms with Gasteiger partial charge in [-0.05, 0) is 68.8 Å². The molecule has 0 spiro atoms. The number of nitrogens with zero attached hydrogens (tertiary/aromatic N) is 1. The topological polar surface area (TPSA) is 29.5 Å². The molecule has 2 atom stereocenters. The van der Waals surface area contributed by atoms with Gasteiger partial charge in [0, 0.05) is 13.1 Å². The summed E-state index contributed by atoms with van der Waals surface area (Å²) < 4.78 is 0. The third-order valence-corrected chi connectivity index (χ3v) is 8.74. The van der Waals surface area contributed by atoms with Gasteiger partial charge in [0.05, 0.1) is 5.41 Å². The monoisotopic (exact) mass is 527 g/mol. The number of rotatable bonds is 20. The first-order valence-electron chi connectivity index (χ1n) is 16.3. The molecule has 2 rings (SSSR count). The number of benzene rings is 1. The summed E-state index contributed by atoms with van der Waals surface area (Å²) in [7, 11) is 0. The van der Waals surface area contributed by atoms with E-state index < -0.39 is 5.41 Å². The van der Waals surface area contributed by atoms with Crippen molar-refractivity contribution in [3.05, 3.63) is 35.9 Å². The number of hydroxylamine groups is 2. The molecular weight excluding hydrogens is 466 g/mol. The van der Waals surface area contributed by atoms with Crippen LogP contribution in [0.1, 0.15) is 149 Å². The van der Waals surface area contributed by atoms with Crippen molar-refractivity contribution in [3.8, 4) is 0 Å². The molecular formula is C35H61NO2. The van der Waals surface area contributed by atoms with Gasteiger partial charge in [-0.2, -0.15) is 0 Å². The molecule has 0 radical (unpaired) electrons. The lowest BCUT2D eigenvalue weighted by atomic mass is 9.71. The maximum absolute atomic E-state index is 13.6. The van der Waals surface area contributed by atoms with Gasteiger partial charge >= 0.3 is 5.97 Å². The Hall–Kier alpha value is -1.35. The van der Waals surface area contributed by atoms with Gasteiger partial charge in [0.1, 0.15) is 0 Å². The predicted octanol–water partition coefficient (Wildman–Crippen LogP) is 10.3. The molecule has 0 saturated carbocycles. The summed E-state index contributed by atoms with van der Waals surface area (Å²) >= 11 is 0. The van der Waals surface area contributed by atoms with Crippen molar-refractivity contribution in [2.45, 2.75) is 150 Å². The van der Waals surface area contributed by atoms with Crippen molar-refractivity contribution in [2.75, 3.05) is 13.1 Å². The van der Waals surface area contributed by atoms with E-state index in [1.54, 1.807) is 0 Å². The Morgan fingerprint density at radius 1 is 0.816 bits per heavy atom. The molecule has 3 nitrogen and oxygen atoms in total. The highest BCUT2D eigenvalue weighted by Gasteiger charge is 2.38. The van der Waals surface area contributed by atoms with Crippen molar-refractivity contribution in [1.82, 2.24) is 5.06 Å². The minimum atomic E-state index is -0.458. The molecule has 0 aromatic heterocycles. The Labute approximate surface area is 236 Å². The maximum Gasteiger partial charge on any atom is 0.330 e. The summed E-state index contributed by atoms with van der Waals surface area (Å²) in [6.45, 7) is 13.4. The molecule has 1 aliphatic rings. The first kappa shape index (κ1) is 32.9. The van der Waals surface area contributed by atoms with Gasteiger partial charge < -0.3 is 4.84 Å². The first-order valence-corrected chi connectivity index (χ1v) is 16.3. The van der Waals surface area contributed by atoms with E-state index in [0.717, 1.165) is 45.2 Å². The van der Waals surface area contributed by atoms with E-state index in [2.05, 4.69) is 65.0 Å². The second kappa shape index (κ2) is 18.1. The van der Waals surface area contributed by atoms with Crippen molar-refractivity contribution in [3.63, 3.8) is 0 Å². The number of piperidine rings is 1. The average Bonchev–Trinajstić information content (AvgIpc) is 2.89. The predicted molar refractivity (Wildman–Crippen MR) is 163 cm³/mol. The normalized spacial score (nSPS) is 17.2. The molecule has 1 fully saturated rings. The number of carbonyl (C=O) groups excluding carboxylic acids is 1. The second-order valence-corrected chi connectivity index (χ2v) is 13.5. The summed E-state index contributed by atoms with van der Waals surface area (Å²) in [5, 5.41) is 1.92. The fourth-order valence-corrected chi connectivity index (χ4v) is 6.51. The molecule has 0 amide bonds. The van der Waals surface area contributed by atoms with Gasteiger partial charge in [0.25, 0.3) is 0 Å². The quantitative estimate of drug-likeness (QED) is 0.158. The smallest absolute Gasteiger partial charge is 0.330 e. The van der Waals surface area contributed by atoms with Crippen LogP contribution < -0.4 is 0 Å².